The number of alkyl halides is 3. The average Bonchev–Trinajstić information content (AvgIpc) is 3.01. The summed E-state index contributed by atoms with van der Waals surface area (Å²) in [6.07, 6.45) is -5.99. The van der Waals surface area contributed by atoms with Crippen LogP contribution in [-0.4, -0.2) is 63.8 Å². The summed E-state index contributed by atoms with van der Waals surface area (Å²) >= 11 is 0. The molecule has 8 nitrogen and oxygen atoms in total. The van der Waals surface area contributed by atoms with E-state index in [-0.39, 0.29) is 31.6 Å². The first-order valence-electron chi connectivity index (χ1n) is 8.23. The van der Waals surface area contributed by atoms with Crippen LogP contribution in [0, 0.1) is 0 Å². The molecule has 2 amide bonds. The molecule has 11 heteroatoms. The van der Waals surface area contributed by atoms with E-state index in [0.29, 0.717) is 6.61 Å². The summed E-state index contributed by atoms with van der Waals surface area (Å²) in [6.45, 7) is 3.82. The Balaban J connectivity index is 2.13. The Bertz CT molecular complexity index is 662. The number of hydrogen-bond donors (Lipinski definition) is 3. The number of aromatic nitrogens is 2. The number of nitrogens with zero attached hydrogens (tertiary/aromatic N) is 2. The zero-order valence-corrected chi connectivity index (χ0v) is 14.4. The molecule has 2 rings (SSSR count). The molecule has 1 aliphatic heterocycles. The zero-order chi connectivity index (χ0) is 19.5. The number of ether oxygens (including phenoxy) is 1. The van der Waals surface area contributed by atoms with Gasteiger partial charge >= 0.3 is 12.3 Å². The van der Waals surface area contributed by atoms with Crippen molar-refractivity contribution >= 4 is 12.0 Å². The van der Waals surface area contributed by atoms with Crippen LogP contribution in [0.1, 0.15) is 42.3 Å². The molecular formula is C15H21F3N4O4. The van der Waals surface area contributed by atoms with Crippen LogP contribution in [0.15, 0.2) is 0 Å². The molecule has 0 saturated carbocycles. The van der Waals surface area contributed by atoms with Gasteiger partial charge in [0.1, 0.15) is 0 Å². The lowest BCUT2D eigenvalue weighted by Crippen LogP contribution is -2.56. The SMILES string of the molecule is CCO[C@@H]1CN(C(=O)O)CC[C@@H]1NC(=O)c1nc(C(F)(F)F)c(CC)[nH]1. The third kappa shape index (κ3) is 4.45. The number of rotatable bonds is 5. The van der Waals surface area contributed by atoms with E-state index in [4.69, 9.17) is 9.84 Å². The first-order valence-corrected chi connectivity index (χ1v) is 8.23. The lowest BCUT2D eigenvalue weighted by Gasteiger charge is -2.37. The normalized spacial score (nSPS) is 20.9. The van der Waals surface area contributed by atoms with Gasteiger partial charge in [0.05, 0.1) is 18.7 Å². The van der Waals surface area contributed by atoms with E-state index in [0.717, 1.165) is 0 Å². The van der Waals surface area contributed by atoms with Gasteiger partial charge in [0.2, 0.25) is 0 Å². The van der Waals surface area contributed by atoms with Gasteiger partial charge in [-0.3, -0.25) is 4.79 Å². The van der Waals surface area contributed by atoms with Crippen molar-refractivity contribution in [3.05, 3.63) is 17.2 Å². The minimum atomic E-state index is -4.65. The second-order valence-corrected chi connectivity index (χ2v) is 5.85. The van der Waals surface area contributed by atoms with Crippen LogP contribution >= 0.6 is 0 Å². The highest BCUT2D eigenvalue weighted by Gasteiger charge is 2.38. The summed E-state index contributed by atoms with van der Waals surface area (Å²) in [5.41, 5.74) is -1.27. The van der Waals surface area contributed by atoms with E-state index >= 15 is 0 Å². The van der Waals surface area contributed by atoms with Crippen LogP contribution in [-0.2, 0) is 17.3 Å². The molecule has 1 aromatic rings. The van der Waals surface area contributed by atoms with E-state index < -0.39 is 41.8 Å². The molecule has 0 unspecified atom stereocenters. The summed E-state index contributed by atoms with van der Waals surface area (Å²) in [5.74, 6) is -1.21. The molecule has 1 aliphatic rings. The fraction of sp³-hybridized carbons (Fsp3) is 0.667. The molecule has 0 spiro atoms. The molecule has 0 bridgehead atoms. The summed E-state index contributed by atoms with van der Waals surface area (Å²) in [5, 5.41) is 11.7. The molecular weight excluding hydrogens is 357 g/mol. The number of piperidine rings is 1. The molecule has 2 heterocycles. The molecule has 0 aliphatic carbocycles. The number of halogens is 3. The highest BCUT2D eigenvalue weighted by molar-refractivity contribution is 5.91. The van der Waals surface area contributed by atoms with Crippen molar-refractivity contribution in [2.45, 2.75) is 45.0 Å². The van der Waals surface area contributed by atoms with Gasteiger partial charge in [0.25, 0.3) is 5.91 Å². The fourth-order valence-corrected chi connectivity index (χ4v) is 2.88. The van der Waals surface area contributed by atoms with Gasteiger partial charge < -0.3 is 25.0 Å². The van der Waals surface area contributed by atoms with Crippen molar-refractivity contribution in [1.29, 1.82) is 0 Å². The molecule has 26 heavy (non-hydrogen) atoms. The Labute approximate surface area is 147 Å². The van der Waals surface area contributed by atoms with E-state index in [1.807, 2.05) is 0 Å². The third-order valence-corrected chi connectivity index (χ3v) is 4.14. The van der Waals surface area contributed by atoms with E-state index in [1.165, 1.54) is 11.8 Å². The van der Waals surface area contributed by atoms with Gasteiger partial charge in [-0.25, -0.2) is 9.78 Å². The standard InChI is InChI=1S/C15H21F3N4O4/c1-3-8-11(15(16,17)18)21-12(19-8)13(23)20-9-5-6-22(14(24)25)7-10(9)26-4-2/h9-10H,3-7H2,1-2H3,(H,19,21)(H,20,23)(H,24,25)/t9-,10+/m0/s1. The minimum Gasteiger partial charge on any atom is -0.465 e. The van der Waals surface area contributed by atoms with Gasteiger partial charge in [-0.15, -0.1) is 0 Å². The number of likely N-dealkylation sites (tertiary alicyclic amines) is 1. The van der Waals surface area contributed by atoms with Crippen LogP contribution in [0.5, 0.6) is 0 Å². The maximum Gasteiger partial charge on any atom is 0.435 e. The third-order valence-electron chi connectivity index (χ3n) is 4.14. The molecule has 0 radical (unpaired) electrons. The maximum atomic E-state index is 13.0. The lowest BCUT2D eigenvalue weighted by molar-refractivity contribution is -0.141. The predicted octanol–water partition coefficient (Wildman–Crippen LogP) is 1.88. The number of carbonyl (C=O) groups excluding carboxylic acids is 1. The topological polar surface area (TPSA) is 108 Å². The Kier molecular flexibility index (Phi) is 6.11. The first-order chi connectivity index (χ1) is 12.2. The molecule has 3 N–H and O–H groups in total. The van der Waals surface area contributed by atoms with Crippen molar-refractivity contribution in [3.63, 3.8) is 0 Å². The van der Waals surface area contributed by atoms with Gasteiger partial charge in [0, 0.05) is 18.8 Å². The van der Waals surface area contributed by atoms with Crippen LogP contribution < -0.4 is 5.32 Å². The predicted molar refractivity (Wildman–Crippen MR) is 83.9 cm³/mol. The van der Waals surface area contributed by atoms with Crippen LogP contribution in [0.3, 0.4) is 0 Å². The monoisotopic (exact) mass is 378 g/mol. The number of amides is 2. The van der Waals surface area contributed by atoms with Crippen molar-refractivity contribution in [3.8, 4) is 0 Å². The number of hydrogen-bond acceptors (Lipinski definition) is 4. The van der Waals surface area contributed by atoms with Crippen molar-refractivity contribution in [2.75, 3.05) is 19.7 Å². The van der Waals surface area contributed by atoms with Gasteiger partial charge in [-0.2, -0.15) is 13.2 Å². The Morgan fingerprint density at radius 2 is 2.12 bits per heavy atom. The van der Waals surface area contributed by atoms with E-state index in [2.05, 4.69) is 15.3 Å². The zero-order valence-electron chi connectivity index (χ0n) is 14.4. The van der Waals surface area contributed by atoms with E-state index in [9.17, 15) is 22.8 Å². The van der Waals surface area contributed by atoms with Crippen LogP contribution in [0.4, 0.5) is 18.0 Å². The number of nitrogens with one attached hydrogen (secondary N) is 2. The molecule has 2 atom stereocenters. The summed E-state index contributed by atoms with van der Waals surface area (Å²) < 4.78 is 44.4. The summed E-state index contributed by atoms with van der Waals surface area (Å²) in [6, 6.07) is -0.525. The number of aryl methyl sites for hydroxylation is 1. The summed E-state index contributed by atoms with van der Waals surface area (Å²) in [7, 11) is 0. The van der Waals surface area contributed by atoms with Crippen molar-refractivity contribution in [2.24, 2.45) is 0 Å². The average molecular weight is 378 g/mol. The second-order valence-electron chi connectivity index (χ2n) is 5.85. The van der Waals surface area contributed by atoms with Gasteiger partial charge in [0.15, 0.2) is 11.5 Å². The Morgan fingerprint density at radius 1 is 1.42 bits per heavy atom. The van der Waals surface area contributed by atoms with Gasteiger partial charge in [-0.1, -0.05) is 6.92 Å². The summed E-state index contributed by atoms with van der Waals surface area (Å²) in [4.78, 5) is 30.4. The molecule has 1 fully saturated rings. The minimum absolute atomic E-state index is 0.0493. The lowest BCUT2D eigenvalue weighted by atomic mass is 10.0. The first kappa shape index (κ1) is 20.0. The highest BCUT2D eigenvalue weighted by atomic mass is 19.4. The number of carbonyl (C=O) groups is 2. The highest BCUT2D eigenvalue weighted by Crippen LogP contribution is 2.30. The quantitative estimate of drug-likeness (QED) is 0.725. The smallest absolute Gasteiger partial charge is 0.435 e. The van der Waals surface area contributed by atoms with E-state index in [1.54, 1.807) is 6.92 Å². The molecule has 0 aromatic carbocycles. The fourth-order valence-electron chi connectivity index (χ4n) is 2.88. The molecule has 1 aromatic heterocycles. The number of carboxylic acid groups (broad SMARTS) is 1. The Morgan fingerprint density at radius 3 is 2.62 bits per heavy atom. The van der Waals surface area contributed by atoms with Gasteiger partial charge in [-0.05, 0) is 19.8 Å². The Hall–Kier alpha value is -2.30. The van der Waals surface area contributed by atoms with Crippen LogP contribution in [0.2, 0.25) is 0 Å². The number of aromatic amines is 1. The second kappa shape index (κ2) is 7.94. The molecule has 146 valence electrons. The number of imidazole rings is 1. The maximum absolute atomic E-state index is 13.0. The van der Waals surface area contributed by atoms with Crippen molar-refractivity contribution < 1.29 is 32.6 Å². The molecule has 1 saturated heterocycles. The van der Waals surface area contributed by atoms with Crippen molar-refractivity contribution in [1.82, 2.24) is 20.2 Å². The largest absolute Gasteiger partial charge is 0.465 e. The number of H-pyrrole nitrogens is 1. The van der Waals surface area contributed by atoms with Crippen LogP contribution in [0.25, 0.3) is 0 Å².